The first-order chi connectivity index (χ1) is 17.6. The molecule has 0 radical (unpaired) electrons. The Hall–Kier alpha value is -4.36. The van der Waals surface area contributed by atoms with Gasteiger partial charge in [0, 0.05) is 28.6 Å². The Labute approximate surface area is 213 Å². The van der Waals surface area contributed by atoms with Crippen molar-refractivity contribution in [2.24, 2.45) is 0 Å². The number of anilines is 1. The van der Waals surface area contributed by atoms with Gasteiger partial charge in [-0.15, -0.1) is 11.3 Å². The number of nitrogens with one attached hydrogen (secondary N) is 1. The molecule has 0 saturated carbocycles. The lowest BCUT2D eigenvalue weighted by Crippen LogP contribution is -2.22. The number of methoxy groups -OCH3 is 2. The molecule has 0 atom stereocenters. The number of fused-ring (bicyclic) bond motifs is 1. The van der Waals surface area contributed by atoms with E-state index in [1.807, 2.05) is 84.9 Å². The molecule has 1 amide bonds. The van der Waals surface area contributed by atoms with Crippen LogP contribution in [-0.2, 0) is 6.54 Å². The Balaban J connectivity index is 1.67. The van der Waals surface area contributed by atoms with E-state index in [-0.39, 0.29) is 5.91 Å². The largest absolute Gasteiger partial charge is 0.493 e. The van der Waals surface area contributed by atoms with Gasteiger partial charge >= 0.3 is 0 Å². The number of carbonyl (C=O) groups excluding carboxylic acids is 1. The minimum absolute atomic E-state index is 0.232. The highest BCUT2D eigenvalue weighted by molar-refractivity contribution is 7.21. The number of nitrogens with zero attached hydrogens (tertiary/aromatic N) is 1. The van der Waals surface area contributed by atoms with Gasteiger partial charge in [-0.1, -0.05) is 72.8 Å². The molecule has 0 bridgehead atoms. The summed E-state index contributed by atoms with van der Waals surface area (Å²) in [7, 11) is 3.21. The molecule has 0 fully saturated rings. The van der Waals surface area contributed by atoms with Crippen LogP contribution in [0.1, 0.15) is 15.2 Å². The third kappa shape index (κ3) is 4.36. The molecule has 180 valence electrons. The van der Waals surface area contributed by atoms with Crippen molar-refractivity contribution in [2.75, 3.05) is 20.0 Å². The topological polar surface area (TPSA) is 86.5 Å². The lowest BCUT2D eigenvalue weighted by molar-refractivity contribution is 0.0956. The van der Waals surface area contributed by atoms with Crippen LogP contribution in [-0.4, -0.2) is 25.1 Å². The zero-order chi connectivity index (χ0) is 25.1. The summed E-state index contributed by atoms with van der Waals surface area (Å²) in [5.41, 5.74) is 11.4. The molecule has 2 heterocycles. The number of amides is 1. The molecule has 0 aliphatic carbocycles. The van der Waals surface area contributed by atoms with Gasteiger partial charge in [0.1, 0.15) is 9.71 Å². The van der Waals surface area contributed by atoms with Gasteiger partial charge in [0.25, 0.3) is 5.91 Å². The fourth-order valence-corrected chi connectivity index (χ4v) is 5.25. The highest BCUT2D eigenvalue weighted by Crippen LogP contribution is 2.46. The van der Waals surface area contributed by atoms with Gasteiger partial charge in [0.2, 0.25) is 0 Å². The Morgan fingerprint density at radius 3 is 2.33 bits per heavy atom. The van der Waals surface area contributed by atoms with E-state index >= 15 is 0 Å². The minimum atomic E-state index is -0.232. The lowest BCUT2D eigenvalue weighted by Gasteiger charge is -2.15. The average molecular weight is 496 g/mol. The van der Waals surface area contributed by atoms with Crippen LogP contribution in [0.25, 0.3) is 32.6 Å². The predicted molar refractivity (Wildman–Crippen MR) is 146 cm³/mol. The van der Waals surface area contributed by atoms with E-state index in [0.717, 1.165) is 33.3 Å². The summed E-state index contributed by atoms with van der Waals surface area (Å²) in [5.74, 6) is 0.965. The Morgan fingerprint density at radius 1 is 0.917 bits per heavy atom. The van der Waals surface area contributed by atoms with Crippen LogP contribution in [0.3, 0.4) is 0 Å². The molecule has 36 heavy (non-hydrogen) atoms. The van der Waals surface area contributed by atoms with Gasteiger partial charge in [0.05, 0.1) is 25.6 Å². The van der Waals surface area contributed by atoms with Crippen molar-refractivity contribution in [1.29, 1.82) is 0 Å². The number of rotatable bonds is 7. The van der Waals surface area contributed by atoms with E-state index in [1.165, 1.54) is 11.3 Å². The molecular formula is C29H25N3O3S. The van der Waals surface area contributed by atoms with Gasteiger partial charge in [-0.05, 0) is 17.7 Å². The standard InChI is InChI=1S/C29H25N3O3S/c1-34-23-15-9-14-20(26(23)35-2)21-16-22(19-12-7-4-8-13-19)32-29-24(21)25(30)27(36-29)28(33)31-17-18-10-5-3-6-11-18/h3-16H,17,30H2,1-2H3,(H,31,33). The molecule has 0 saturated heterocycles. The number of hydrogen-bond donors (Lipinski definition) is 2. The number of pyridine rings is 1. The summed E-state index contributed by atoms with van der Waals surface area (Å²) >= 11 is 1.29. The summed E-state index contributed by atoms with van der Waals surface area (Å²) in [6.07, 6.45) is 0. The zero-order valence-electron chi connectivity index (χ0n) is 19.9. The van der Waals surface area contributed by atoms with E-state index in [9.17, 15) is 4.79 Å². The van der Waals surface area contributed by atoms with Crippen molar-refractivity contribution in [1.82, 2.24) is 10.3 Å². The first-order valence-electron chi connectivity index (χ1n) is 11.4. The maximum Gasteiger partial charge on any atom is 0.263 e. The van der Waals surface area contributed by atoms with Crippen molar-refractivity contribution in [3.63, 3.8) is 0 Å². The Bertz CT molecular complexity index is 1530. The molecule has 2 aromatic heterocycles. The quantitative estimate of drug-likeness (QED) is 0.282. The molecule has 3 aromatic carbocycles. The first kappa shape index (κ1) is 23.4. The van der Waals surface area contributed by atoms with Crippen LogP contribution in [0.15, 0.2) is 84.9 Å². The second kappa shape index (κ2) is 10.1. The smallest absolute Gasteiger partial charge is 0.263 e. The molecule has 5 aromatic rings. The number of nitrogens with two attached hydrogens (primary N) is 1. The lowest BCUT2D eigenvalue weighted by atomic mass is 9.98. The van der Waals surface area contributed by atoms with Crippen molar-refractivity contribution < 1.29 is 14.3 Å². The van der Waals surface area contributed by atoms with Crippen molar-refractivity contribution in [3.05, 3.63) is 95.4 Å². The van der Waals surface area contributed by atoms with Gasteiger partial charge in [-0.3, -0.25) is 4.79 Å². The number of benzene rings is 3. The van der Waals surface area contributed by atoms with E-state index < -0.39 is 0 Å². The monoisotopic (exact) mass is 495 g/mol. The van der Waals surface area contributed by atoms with Gasteiger partial charge in [-0.2, -0.15) is 0 Å². The minimum Gasteiger partial charge on any atom is -0.493 e. The fourth-order valence-electron chi connectivity index (χ4n) is 4.22. The Morgan fingerprint density at radius 2 is 1.64 bits per heavy atom. The third-order valence-corrected chi connectivity index (χ3v) is 7.06. The number of carbonyl (C=O) groups is 1. The summed E-state index contributed by atoms with van der Waals surface area (Å²) in [6.45, 7) is 0.409. The molecule has 0 aliphatic rings. The number of ether oxygens (including phenoxy) is 2. The average Bonchev–Trinajstić information content (AvgIpc) is 3.28. The van der Waals surface area contributed by atoms with E-state index in [4.69, 9.17) is 20.2 Å². The second-order valence-corrected chi connectivity index (χ2v) is 9.15. The molecule has 0 spiro atoms. The molecule has 0 aliphatic heterocycles. The van der Waals surface area contributed by atoms with Crippen LogP contribution < -0.4 is 20.5 Å². The maximum absolute atomic E-state index is 13.2. The molecule has 3 N–H and O–H groups in total. The van der Waals surface area contributed by atoms with Gasteiger partial charge in [-0.25, -0.2) is 4.98 Å². The van der Waals surface area contributed by atoms with Crippen molar-refractivity contribution in [3.8, 4) is 33.9 Å². The molecule has 6 nitrogen and oxygen atoms in total. The highest BCUT2D eigenvalue weighted by atomic mass is 32.1. The third-order valence-electron chi connectivity index (χ3n) is 5.96. The van der Waals surface area contributed by atoms with E-state index in [0.29, 0.717) is 33.4 Å². The number of para-hydroxylation sites is 1. The number of nitrogen functional groups attached to an aromatic ring is 1. The zero-order valence-corrected chi connectivity index (χ0v) is 20.8. The summed E-state index contributed by atoms with van der Waals surface area (Å²) < 4.78 is 11.3. The van der Waals surface area contributed by atoms with Crippen LogP contribution in [0.4, 0.5) is 5.69 Å². The number of hydrogen-bond acceptors (Lipinski definition) is 6. The highest BCUT2D eigenvalue weighted by Gasteiger charge is 2.23. The Kier molecular flexibility index (Phi) is 6.56. The molecular weight excluding hydrogens is 470 g/mol. The molecule has 5 rings (SSSR count). The van der Waals surface area contributed by atoms with Crippen molar-refractivity contribution >= 4 is 33.1 Å². The van der Waals surface area contributed by atoms with Crippen LogP contribution >= 0.6 is 11.3 Å². The second-order valence-electron chi connectivity index (χ2n) is 8.16. The summed E-state index contributed by atoms with van der Waals surface area (Å²) in [4.78, 5) is 19.2. The molecule has 7 heteroatoms. The number of aromatic nitrogens is 1. The normalized spacial score (nSPS) is 10.8. The maximum atomic E-state index is 13.2. The van der Waals surface area contributed by atoms with Crippen LogP contribution in [0.5, 0.6) is 11.5 Å². The van der Waals surface area contributed by atoms with E-state index in [1.54, 1.807) is 14.2 Å². The SMILES string of the molecule is COc1cccc(-c2cc(-c3ccccc3)nc3sc(C(=O)NCc4ccccc4)c(N)c23)c1OC. The summed E-state index contributed by atoms with van der Waals surface area (Å²) in [6, 6.07) is 27.4. The number of thiophene rings is 1. The first-order valence-corrected chi connectivity index (χ1v) is 12.2. The predicted octanol–water partition coefficient (Wildman–Crippen LogP) is 6.16. The van der Waals surface area contributed by atoms with Crippen molar-refractivity contribution in [2.45, 2.75) is 6.54 Å². The van der Waals surface area contributed by atoms with E-state index in [2.05, 4.69) is 5.32 Å². The molecule has 0 unspecified atom stereocenters. The summed E-state index contributed by atoms with van der Waals surface area (Å²) in [5, 5.41) is 3.70. The fraction of sp³-hybridized carbons (Fsp3) is 0.103. The van der Waals surface area contributed by atoms with Crippen LogP contribution in [0.2, 0.25) is 0 Å². The van der Waals surface area contributed by atoms with Gasteiger partial charge < -0.3 is 20.5 Å². The van der Waals surface area contributed by atoms with Gasteiger partial charge in [0.15, 0.2) is 11.5 Å². The van der Waals surface area contributed by atoms with Crippen LogP contribution in [0, 0.1) is 0 Å².